The lowest BCUT2D eigenvalue weighted by Crippen LogP contribution is -1.94. The van der Waals surface area contributed by atoms with Gasteiger partial charge in [-0.05, 0) is 13.3 Å². The number of rotatable bonds is 3. The van der Waals surface area contributed by atoms with Crippen LogP contribution in [0.5, 0.6) is 0 Å². The predicted octanol–water partition coefficient (Wildman–Crippen LogP) is 1.68. The molecule has 0 saturated heterocycles. The van der Waals surface area contributed by atoms with Crippen molar-refractivity contribution in [3.05, 3.63) is 11.9 Å². The third kappa shape index (κ3) is 5.07. The van der Waals surface area contributed by atoms with E-state index < -0.39 is 0 Å². The maximum Gasteiger partial charge on any atom is 0.0451 e. The Morgan fingerprint density at radius 2 is 2.33 bits per heavy atom. The molecule has 0 bridgehead atoms. The molecule has 0 heterocycles. The molecule has 0 aromatic carbocycles. The highest BCUT2D eigenvalue weighted by Gasteiger charge is 1.82. The molecule has 0 atom stereocenters. The summed E-state index contributed by atoms with van der Waals surface area (Å²) in [5, 5.41) is 0. The summed E-state index contributed by atoms with van der Waals surface area (Å²) < 4.78 is 0. The van der Waals surface area contributed by atoms with Crippen molar-refractivity contribution < 1.29 is 0 Å². The maximum absolute atomic E-state index is 5.52. The van der Waals surface area contributed by atoms with E-state index in [1.54, 1.807) is 12.4 Å². The quantitative estimate of drug-likeness (QED) is 0.574. The average Bonchev–Trinajstić information content (AvgIpc) is 1.85. The van der Waals surface area contributed by atoms with E-state index >= 15 is 0 Å². The minimum absolute atomic E-state index is 0.857. The second kappa shape index (κ2) is 5.35. The molecule has 0 saturated carbocycles. The van der Waals surface area contributed by atoms with Crippen molar-refractivity contribution in [2.24, 2.45) is 10.7 Å². The molecule has 0 amide bonds. The highest BCUT2D eigenvalue weighted by Crippen LogP contribution is 1.95. The van der Waals surface area contributed by atoms with Crippen molar-refractivity contribution in [1.82, 2.24) is 0 Å². The van der Waals surface area contributed by atoms with Crippen LogP contribution in [0.3, 0.4) is 0 Å². The first-order chi connectivity index (χ1) is 4.31. The minimum atomic E-state index is 0.857. The van der Waals surface area contributed by atoms with Crippen LogP contribution < -0.4 is 5.73 Å². The lowest BCUT2D eigenvalue weighted by molar-refractivity contribution is 0.889. The summed E-state index contributed by atoms with van der Waals surface area (Å²) in [6.07, 6.45) is 5.45. The van der Waals surface area contributed by atoms with Gasteiger partial charge in [-0.25, -0.2) is 0 Å². The van der Waals surface area contributed by atoms with Crippen LogP contribution in [0, 0.1) is 0 Å². The number of hydrogen-bond acceptors (Lipinski definition) is 2. The third-order valence-corrected chi connectivity index (χ3v) is 0.928. The predicted molar refractivity (Wildman–Crippen MR) is 41.3 cm³/mol. The van der Waals surface area contributed by atoms with Crippen molar-refractivity contribution >= 4 is 6.21 Å². The number of nitrogens with two attached hydrogens (primary N) is 1. The molecule has 0 spiro atoms. The lowest BCUT2D eigenvalue weighted by atomic mass is 10.3. The number of hydrogen-bond donors (Lipinski definition) is 1. The SMILES string of the molecule is CC=N/C=C(/N)CCC. The fraction of sp³-hybridized carbons (Fsp3) is 0.571. The molecule has 0 radical (unpaired) electrons. The summed E-state index contributed by atoms with van der Waals surface area (Å²) in [7, 11) is 0. The van der Waals surface area contributed by atoms with E-state index in [-0.39, 0.29) is 0 Å². The molecule has 0 unspecified atom stereocenters. The van der Waals surface area contributed by atoms with Gasteiger partial charge in [-0.2, -0.15) is 0 Å². The molecule has 0 rings (SSSR count). The van der Waals surface area contributed by atoms with Crippen molar-refractivity contribution in [3.63, 3.8) is 0 Å². The average molecular weight is 126 g/mol. The Balaban J connectivity index is 3.55. The van der Waals surface area contributed by atoms with Gasteiger partial charge < -0.3 is 5.73 Å². The Labute approximate surface area is 56.5 Å². The van der Waals surface area contributed by atoms with Crippen molar-refractivity contribution in [1.29, 1.82) is 0 Å². The van der Waals surface area contributed by atoms with Crippen LogP contribution >= 0.6 is 0 Å². The molecule has 0 aromatic heterocycles. The molecule has 0 fully saturated rings. The second-order valence-corrected chi connectivity index (χ2v) is 1.86. The second-order valence-electron chi connectivity index (χ2n) is 1.86. The van der Waals surface area contributed by atoms with E-state index in [1.165, 1.54) is 0 Å². The number of allylic oxidation sites excluding steroid dienone is 1. The van der Waals surface area contributed by atoms with Crippen LogP contribution in [0.25, 0.3) is 0 Å². The molecule has 0 aromatic rings. The fourth-order valence-electron chi connectivity index (χ4n) is 0.523. The van der Waals surface area contributed by atoms with Crippen molar-refractivity contribution in [2.45, 2.75) is 26.7 Å². The zero-order chi connectivity index (χ0) is 7.11. The van der Waals surface area contributed by atoms with Crippen molar-refractivity contribution in [2.75, 3.05) is 0 Å². The maximum atomic E-state index is 5.52. The highest BCUT2D eigenvalue weighted by atomic mass is 14.7. The van der Waals surface area contributed by atoms with Gasteiger partial charge in [0, 0.05) is 18.1 Å². The van der Waals surface area contributed by atoms with Gasteiger partial charge in [0.05, 0.1) is 0 Å². The Bertz CT molecular complexity index is 114. The first-order valence-electron chi connectivity index (χ1n) is 3.23. The largest absolute Gasteiger partial charge is 0.401 e. The lowest BCUT2D eigenvalue weighted by Gasteiger charge is -1.92. The Morgan fingerprint density at radius 3 is 2.78 bits per heavy atom. The van der Waals surface area contributed by atoms with Crippen LogP contribution in [0.15, 0.2) is 16.9 Å². The van der Waals surface area contributed by atoms with Gasteiger partial charge in [0.15, 0.2) is 0 Å². The molecule has 0 aliphatic heterocycles. The molecule has 2 nitrogen and oxygen atoms in total. The normalized spacial score (nSPS) is 12.9. The summed E-state index contributed by atoms with van der Waals surface area (Å²) >= 11 is 0. The molecule has 9 heavy (non-hydrogen) atoms. The molecule has 0 aliphatic carbocycles. The van der Waals surface area contributed by atoms with E-state index in [9.17, 15) is 0 Å². The number of nitrogens with zero attached hydrogens (tertiary/aromatic N) is 1. The Morgan fingerprint density at radius 1 is 1.67 bits per heavy atom. The van der Waals surface area contributed by atoms with Crippen LogP contribution in [0.4, 0.5) is 0 Å². The molecule has 0 aliphatic rings. The summed E-state index contributed by atoms with van der Waals surface area (Å²) in [5.41, 5.74) is 6.37. The summed E-state index contributed by atoms with van der Waals surface area (Å²) in [6, 6.07) is 0. The van der Waals surface area contributed by atoms with E-state index in [1.807, 2.05) is 6.92 Å². The molecule has 52 valence electrons. The summed E-state index contributed by atoms with van der Waals surface area (Å²) in [5.74, 6) is 0. The molecule has 2 N–H and O–H groups in total. The summed E-state index contributed by atoms with van der Waals surface area (Å²) in [4.78, 5) is 3.88. The molecule has 2 heteroatoms. The standard InChI is InChI=1S/C7H14N2/c1-3-5-7(8)6-9-4-2/h4,6H,3,5,8H2,1-2H3/b7-6+,9-4?. The van der Waals surface area contributed by atoms with E-state index in [4.69, 9.17) is 5.73 Å². The van der Waals surface area contributed by atoms with Crippen molar-refractivity contribution in [3.8, 4) is 0 Å². The van der Waals surface area contributed by atoms with Crippen LogP contribution in [0.2, 0.25) is 0 Å². The monoisotopic (exact) mass is 126 g/mol. The summed E-state index contributed by atoms with van der Waals surface area (Å²) in [6.45, 7) is 3.96. The Hall–Kier alpha value is -0.790. The van der Waals surface area contributed by atoms with Gasteiger partial charge in [0.2, 0.25) is 0 Å². The third-order valence-electron chi connectivity index (χ3n) is 0.928. The minimum Gasteiger partial charge on any atom is -0.401 e. The zero-order valence-corrected chi connectivity index (χ0v) is 6.09. The zero-order valence-electron chi connectivity index (χ0n) is 6.09. The number of aliphatic imine (C=N–C) groups is 1. The van der Waals surface area contributed by atoms with Gasteiger partial charge >= 0.3 is 0 Å². The molecular formula is C7H14N2. The van der Waals surface area contributed by atoms with Gasteiger partial charge in [-0.3, -0.25) is 4.99 Å². The van der Waals surface area contributed by atoms with E-state index in [0.29, 0.717) is 0 Å². The van der Waals surface area contributed by atoms with Crippen LogP contribution in [-0.4, -0.2) is 6.21 Å². The first kappa shape index (κ1) is 8.21. The van der Waals surface area contributed by atoms with E-state index in [2.05, 4.69) is 11.9 Å². The first-order valence-corrected chi connectivity index (χ1v) is 3.23. The van der Waals surface area contributed by atoms with E-state index in [0.717, 1.165) is 18.5 Å². The van der Waals surface area contributed by atoms with Gasteiger partial charge in [-0.1, -0.05) is 13.3 Å². The van der Waals surface area contributed by atoms with Gasteiger partial charge in [0.1, 0.15) is 0 Å². The van der Waals surface area contributed by atoms with Crippen LogP contribution in [-0.2, 0) is 0 Å². The highest BCUT2D eigenvalue weighted by molar-refractivity contribution is 5.54. The van der Waals surface area contributed by atoms with Gasteiger partial charge in [0.25, 0.3) is 0 Å². The smallest absolute Gasteiger partial charge is 0.0451 e. The Kier molecular flexibility index (Phi) is 4.88. The van der Waals surface area contributed by atoms with Gasteiger partial charge in [-0.15, -0.1) is 0 Å². The topological polar surface area (TPSA) is 38.4 Å². The fourth-order valence-corrected chi connectivity index (χ4v) is 0.523. The molecular weight excluding hydrogens is 112 g/mol. The van der Waals surface area contributed by atoms with Crippen LogP contribution in [0.1, 0.15) is 26.7 Å².